The second-order valence-electron chi connectivity index (χ2n) is 4.53. The summed E-state index contributed by atoms with van der Waals surface area (Å²) in [4.78, 5) is 4.30. The molecule has 0 saturated carbocycles. The molecule has 2 aromatic rings. The summed E-state index contributed by atoms with van der Waals surface area (Å²) in [5, 5.41) is 4.27. The van der Waals surface area contributed by atoms with Crippen molar-refractivity contribution in [3.8, 4) is 11.4 Å². The molecule has 78 valence electrons. The number of hydrogen-bond acceptors (Lipinski definition) is 2. The fourth-order valence-corrected chi connectivity index (χ4v) is 1.52. The van der Waals surface area contributed by atoms with Crippen LogP contribution in [-0.2, 0) is 5.54 Å². The van der Waals surface area contributed by atoms with Gasteiger partial charge < -0.3 is 0 Å². The van der Waals surface area contributed by atoms with Crippen molar-refractivity contribution < 1.29 is 0 Å². The van der Waals surface area contributed by atoms with Gasteiger partial charge in [-0.05, 0) is 20.8 Å². The molecule has 0 radical (unpaired) electrons. The smallest absolute Gasteiger partial charge is 0.158 e. The predicted octanol–water partition coefficient (Wildman–Crippen LogP) is 2.70. The highest BCUT2D eigenvalue weighted by Crippen LogP contribution is 2.22. The van der Waals surface area contributed by atoms with Gasteiger partial charge in [-0.15, -0.1) is 0 Å². The molecular weight excluding hydrogens is 186 g/mol. The van der Waals surface area contributed by atoms with Crippen LogP contribution in [-0.4, -0.2) is 14.8 Å². The molecule has 0 aliphatic heterocycles. The maximum absolute atomic E-state index is 4.30. The van der Waals surface area contributed by atoms with Crippen molar-refractivity contribution in [1.82, 2.24) is 14.8 Å². The van der Waals surface area contributed by atoms with E-state index in [-0.39, 0.29) is 5.54 Å². The maximum atomic E-state index is 4.30. The van der Waals surface area contributed by atoms with E-state index < -0.39 is 0 Å². The monoisotopic (exact) mass is 201 g/mol. The summed E-state index contributed by atoms with van der Waals surface area (Å²) >= 11 is 0. The summed E-state index contributed by atoms with van der Waals surface area (Å²) in [6.45, 7) is 6.36. The fourth-order valence-electron chi connectivity index (χ4n) is 1.52. The normalized spacial score (nSPS) is 11.7. The van der Waals surface area contributed by atoms with Crippen LogP contribution in [0.15, 0.2) is 36.7 Å². The lowest BCUT2D eigenvalue weighted by molar-refractivity contribution is 0.359. The van der Waals surface area contributed by atoms with E-state index in [2.05, 4.69) is 30.9 Å². The van der Waals surface area contributed by atoms with Gasteiger partial charge in [-0.25, -0.2) is 9.67 Å². The second-order valence-corrected chi connectivity index (χ2v) is 4.53. The highest BCUT2D eigenvalue weighted by molar-refractivity contribution is 5.54. The molecule has 0 fully saturated rings. The van der Waals surface area contributed by atoms with E-state index in [1.54, 1.807) is 6.33 Å². The standard InChI is InChI=1S/C12H15N3/c1-12(2,3)15-11(13-9-14-15)10-7-5-4-6-8-10/h4-9H,1-3H3. The molecular formula is C12H15N3. The molecule has 3 nitrogen and oxygen atoms in total. The van der Waals surface area contributed by atoms with Crippen LogP contribution in [0.25, 0.3) is 11.4 Å². The molecule has 0 N–H and O–H groups in total. The van der Waals surface area contributed by atoms with E-state index in [1.165, 1.54) is 0 Å². The number of aromatic nitrogens is 3. The summed E-state index contributed by atoms with van der Waals surface area (Å²) in [5.41, 5.74) is 1.06. The summed E-state index contributed by atoms with van der Waals surface area (Å²) in [6.07, 6.45) is 1.60. The lowest BCUT2D eigenvalue weighted by Crippen LogP contribution is -2.24. The molecule has 1 aromatic heterocycles. The summed E-state index contributed by atoms with van der Waals surface area (Å²) < 4.78 is 1.95. The number of benzene rings is 1. The zero-order chi connectivity index (χ0) is 10.9. The molecule has 3 heteroatoms. The quantitative estimate of drug-likeness (QED) is 0.710. The minimum atomic E-state index is -0.0400. The van der Waals surface area contributed by atoms with Crippen molar-refractivity contribution in [2.45, 2.75) is 26.3 Å². The lowest BCUT2D eigenvalue weighted by atomic mass is 10.1. The number of hydrogen-bond donors (Lipinski definition) is 0. The Morgan fingerprint density at radius 2 is 1.73 bits per heavy atom. The van der Waals surface area contributed by atoms with E-state index >= 15 is 0 Å². The van der Waals surface area contributed by atoms with Gasteiger partial charge in [-0.3, -0.25) is 0 Å². The van der Waals surface area contributed by atoms with Crippen LogP contribution in [0.5, 0.6) is 0 Å². The Morgan fingerprint density at radius 3 is 2.33 bits per heavy atom. The van der Waals surface area contributed by atoms with E-state index in [1.807, 2.05) is 35.0 Å². The van der Waals surface area contributed by atoms with E-state index in [0.29, 0.717) is 0 Å². The second kappa shape index (κ2) is 3.50. The SMILES string of the molecule is CC(C)(C)n1ncnc1-c1ccccc1. The third-order valence-corrected chi connectivity index (χ3v) is 2.22. The van der Waals surface area contributed by atoms with Crippen molar-refractivity contribution >= 4 is 0 Å². The third-order valence-electron chi connectivity index (χ3n) is 2.22. The molecule has 0 unspecified atom stereocenters. The van der Waals surface area contributed by atoms with Crippen molar-refractivity contribution in [1.29, 1.82) is 0 Å². The summed E-state index contributed by atoms with van der Waals surface area (Å²) in [7, 11) is 0. The Balaban J connectivity index is 2.51. The summed E-state index contributed by atoms with van der Waals surface area (Å²) in [5.74, 6) is 0.920. The van der Waals surface area contributed by atoms with Gasteiger partial charge in [0.25, 0.3) is 0 Å². The van der Waals surface area contributed by atoms with Gasteiger partial charge in [0.1, 0.15) is 6.33 Å². The first-order chi connectivity index (χ1) is 7.09. The third kappa shape index (κ3) is 1.91. The first kappa shape index (κ1) is 9.90. The van der Waals surface area contributed by atoms with E-state index in [4.69, 9.17) is 0 Å². The van der Waals surface area contributed by atoms with Crippen molar-refractivity contribution in [3.63, 3.8) is 0 Å². The van der Waals surface area contributed by atoms with Crippen molar-refractivity contribution in [3.05, 3.63) is 36.7 Å². The van der Waals surface area contributed by atoms with Gasteiger partial charge in [-0.1, -0.05) is 30.3 Å². The minimum absolute atomic E-state index is 0.0400. The molecule has 0 saturated heterocycles. The average Bonchev–Trinajstić information content (AvgIpc) is 2.67. The molecule has 1 aromatic carbocycles. The topological polar surface area (TPSA) is 30.7 Å². The molecule has 0 amide bonds. The molecule has 2 rings (SSSR count). The van der Waals surface area contributed by atoms with Crippen LogP contribution in [0.4, 0.5) is 0 Å². The lowest BCUT2D eigenvalue weighted by Gasteiger charge is -2.21. The van der Waals surface area contributed by atoms with Crippen molar-refractivity contribution in [2.75, 3.05) is 0 Å². The first-order valence-electron chi connectivity index (χ1n) is 5.05. The largest absolute Gasteiger partial charge is 0.240 e. The molecule has 0 aliphatic carbocycles. The number of nitrogens with zero attached hydrogens (tertiary/aromatic N) is 3. The summed E-state index contributed by atoms with van der Waals surface area (Å²) in [6, 6.07) is 10.1. The Labute approximate surface area is 89.8 Å². The van der Waals surface area contributed by atoms with Crippen molar-refractivity contribution in [2.24, 2.45) is 0 Å². The zero-order valence-electron chi connectivity index (χ0n) is 9.31. The Hall–Kier alpha value is -1.64. The van der Waals surface area contributed by atoms with Crippen LogP contribution in [0.1, 0.15) is 20.8 Å². The Bertz CT molecular complexity index is 437. The van der Waals surface area contributed by atoms with Crippen LogP contribution in [0.2, 0.25) is 0 Å². The highest BCUT2D eigenvalue weighted by atomic mass is 15.4. The van der Waals surface area contributed by atoms with Gasteiger partial charge in [0.15, 0.2) is 5.82 Å². The highest BCUT2D eigenvalue weighted by Gasteiger charge is 2.18. The molecule has 1 heterocycles. The maximum Gasteiger partial charge on any atom is 0.158 e. The molecule has 0 atom stereocenters. The molecule has 0 spiro atoms. The molecule has 0 aliphatic rings. The Kier molecular flexibility index (Phi) is 2.31. The number of rotatable bonds is 1. The van der Waals surface area contributed by atoms with E-state index in [9.17, 15) is 0 Å². The van der Waals surface area contributed by atoms with Crippen LogP contribution >= 0.6 is 0 Å². The average molecular weight is 201 g/mol. The zero-order valence-corrected chi connectivity index (χ0v) is 9.31. The minimum Gasteiger partial charge on any atom is -0.240 e. The fraction of sp³-hybridized carbons (Fsp3) is 0.333. The van der Waals surface area contributed by atoms with Crippen LogP contribution in [0.3, 0.4) is 0 Å². The predicted molar refractivity (Wildman–Crippen MR) is 60.5 cm³/mol. The Morgan fingerprint density at radius 1 is 1.07 bits per heavy atom. The van der Waals surface area contributed by atoms with Gasteiger partial charge in [0, 0.05) is 5.56 Å². The van der Waals surface area contributed by atoms with Gasteiger partial charge >= 0.3 is 0 Å². The van der Waals surface area contributed by atoms with Gasteiger partial charge in [-0.2, -0.15) is 5.10 Å². The van der Waals surface area contributed by atoms with Crippen LogP contribution < -0.4 is 0 Å². The molecule has 0 bridgehead atoms. The van der Waals surface area contributed by atoms with Crippen LogP contribution in [0, 0.1) is 0 Å². The first-order valence-corrected chi connectivity index (χ1v) is 5.05. The van der Waals surface area contributed by atoms with Gasteiger partial charge in [0.2, 0.25) is 0 Å². The molecule has 15 heavy (non-hydrogen) atoms. The van der Waals surface area contributed by atoms with E-state index in [0.717, 1.165) is 11.4 Å². The van der Waals surface area contributed by atoms with Gasteiger partial charge in [0.05, 0.1) is 5.54 Å².